The van der Waals surface area contributed by atoms with Crippen molar-refractivity contribution in [1.29, 1.82) is 0 Å². The molecule has 0 radical (unpaired) electrons. The zero-order valence-electron chi connectivity index (χ0n) is 14.8. The average Bonchev–Trinajstić information content (AvgIpc) is 3.11. The number of methoxy groups -OCH3 is 2. The summed E-state index contributed by atoms with van der Waals surface area (Å²) < 4.78 is 22.8. The normalized spacial score (nSPS) is 28.0. The van der Waals surface area contributed by atoms with Crippen molar-refractivity contribution in [1.82, 2.24) is 4.90 Å². The van der Waals surface area contributed by atoms with E-state index in [-0.39, 0.29) is 0 Å². The van der Waals surface area contributed by atoms with E-state index in [1.165, 1.54) is 19.3 Å². The largest absolute Gasteiger partial charge is 0.493 e. The van der Waals surface area contributed by atoms with Crippen LogP contribution in [0, 0.1) is 5.92 Å². The van der Waals surface area contributed by atoms with Crippen molar-refractivity contribution in [2.24, 2.45) is 5.92 Å². The van der Waals surface area contributed by atoms with Crippen molar-refractivity contribution in [3.05, 3.63) is 24.3 Å². The van der Waals surface area contributed by atoms with E-state index in [9.17, 15) is 0 Å². The third-order valence-corrected chi connectivity index (χ3v) is 5.29. The van der Waals surface area contributed by atoms with Gasteiger partial charge in [-0.25, -0.2) is 0 Å². The van der Waals surface area contributed by atoms with Crippen LogP contribution in [0.4, 0.5) is 0 Å². The fraction of sp³-hybridized carbons (Fsp3) is 0.684. The average molecular weight is 335 g/mol. The Morgan fingerprint density at radius 1 is 1.17 bits per heavy atom. The lowest BCUT2D eigenvalue weighted by molar-refractivity contribution is -0.0603. The molecular formula is C19H29NO4. The van der Waals surface area contributed by atoms with Gasteiger partial charge in [-0.05, 0) is 25.0 Å². The van der Waals surface area contributed by atoms with E-state index in [1.807, 2.05) is 31.4 Å². The van der Waals surface area contributed by atoms with E-state index in [1.54, 1.807) is 7.11 Å². The molecule has 5 nitrogen and oxygen atoms in total. The number of ether oxygens (including phenoxy) is 4. The van der Waals surface area contributed by atoms with Gasteiger partial charge < -0.3 is 18.9 Å². The van der Waals surface area contributed by atoms with Crippen molar-refractivity contribution >= 4 is 0 Å². The van der Waals surface area contributed by atoms with Crippen LogP contribution in [0.5, 0.6) is 11.5 Å². The van der Waals surface area contributed by atoms with Gasteiger partial charge in [-0.15, -0.1) is 0 Å². The lowest BCUT2D eigenvalue weighted by Gasteiger charge is -2.40. The number of morpholine rings is 1. The van der Waals surface area contributed by atoms with Crippen LogP contribution in [0.25, 0.3) is 0 Å². The first-order valence-electron chi connectivity index (χ1n) is 8.94. The Balaban J connectivity index is 1.56. The number of para-hydroxylation sites is 2. The molecule has 1 heterocycles. The smallest absolute Gasteiger partial charge is 0.161 e. The molecule has 0 N–H and O–H groups in total. The third kappa shape index (κ3) is 4.02. The highest BCUT2D eigenvalue weighted by Crippen LogP contribution is 2.34. The van der Waals surface area contributed by atoms with Gasteiger partial charge in [-0.2, -0.15) is 0 Å². The van der Waals surface area contributed by atoms with Gasteiger partial charge in [0, 0.05) is 32.2 Å². The minimum absolute atomic E-state index is 0.370. The number of hydrogen-bond donors (Lipinski definition) is 0. The summed E-state index contributed by atoms with van der Waals surface area (Å²) in [5.41, 5.74) is 0. The molecule has 0 spiro atoms. The molecule has 3 atom stereocenters. The summed E-state index contributed by atoms with van der Waals surface area (Å²) in [4.78, 5) is 2.51. The van der Waals surface area contributed by atoms with Gasteiger partial charge in [0.1, 0.15) is 6.61 Å². The lowest BCUT2D eigenvalue weighted by atomic mass is 9.94. The predicted molar refractivity (Wildman–Crippen MR) is 92.8 cm³/mol. The molecule has 0 unspecified atom stereocenters. The van der Waals surface area contributed by atoms with Gasteiger partial charge in [-0.1, -0.05) is 18.6 Å². The highest BCUT2D eigenvalue weighted by molar-refractivity contribution is 5.39. The van der Waals surface area contributed by atoms with Crippen molar-refractivity contribution < 1.29 is 18.9 Å². The van der Waals surface area contributed by atoms with Gasteiger partial charge >= 0.3 is 0 Å². The van der Waals surface area contributed by atoms with Crippen LogP contribution >= 0.6 is 0 Å². The van der Waals surface area contributed by atoms with Gasteiger partial charge in [-0.3, -0.25) is 4.90 Å². The third-order valence-electron chi connectivity index (χ3n) is 5.29. The molecule has 0 aromatic heterocycles. The predicted octanol–water partition coefficient (Wildman–Crippen LogP) is 2.59. The Hall–Kier alpha value is -1.30. The fourth-order valence-corrected chi connectivity index (χ4v) is 4.03. The van der Waals surface area contributed by atoms with Gasteiger partial charge in [0.25, 0.3) is 0 Å². The Morgan fingerprint density at radius 3 is 2.79 bits per heavy atom. The van der Waals surface area contributed by atoms with Crippen LogP contribution in [-0.4, -0.2) is 64.2 Å². The molecule has 0 amide bonds. The first kappa shape index (κ1) is 17.5. The second-order valence-electron chi connectivity index (χ2n) is 6.55. The molecule has 1 saturated carbocycles. The Bertz CT molecular complexity index is 510. The SMILES string of the molecule is COc1ccccc1OCCN1CCOC[C@@H]1[C@@H]1CCC[C@H]1OC. The van der Waals surface area contributed by atoms with Crippen molar-refractivity contribution in [3.63, 3.8) is 0 Å². The molecule has 24 heavy (non-hydrogen) atoms. The Kier molecular flexibility index (Phi) is 6.35. The Labute approximate surface area is 144 Å². The summed E-state index contributed by atoms with van der Waals surface area (Å²) in [7, 11) is 3.51. The van der Waals surface area contributed by atoms with E-state index >= 15 is 0 Å². The first-order valence-corrected chi connectivity index (χ1v) is 8.94. The Morgan fingerprint density at radius 2 is 2.00 bits per heavy atom. The van der Waals surface area contributed by atoms with E-state index in [0.29, 0.717) is 24.7 Å². The maximum Gasteiger partial charge on any atom is 0.161 e. The molecule has 1 saturated heterocycles. The first-order chi connectivity index (χ1) is 11.8. The molecule has 3 rings (SSSR count). The van der Waals surface area contributed by atoms with Gasteiger partial charge in [0.05, 0.1) is 26.4 Å². The summed E-state index contributed by atoms with van der Waals surface area (Å²) in [5.74, 6) is 2.16. The highest BCUT2D eigenvalue weighted by atomic mass is 16.5. The molecule has 2 aliphatic rings. The number of nitrogens with zero attached hydrogens (tertiary/aromatic N) is 1. The molecule has 1 aromatic rings. The van der Waals surface area contributed by atoms with Crippen LogP contribution in [0.2, 0.25) is 0 Å². The topological polar surface area (TPSA) is 40.2 Å². The van der Waals surface area contributed by atoms with E-state index in [2.05, 4.69) is 4.90 Å². The number of benzene rings is 1. The maximum absolute atomic E-state index is 5.96. The summed E-state index contributed by atoms with van der Waals surface area (Å²) in [6.07, 6.45) is 4.03. The van der Waals surface area contributed by atoms with Crippen LogP contribution < -0.4 is 9.47 Å². The van der Waals surface area contributed by atoms with Crippen LogP contribution in [0.1, 0.15) is 19.3 Å². The maximum atomic E-state index is 5.96. The molecule has 1 aliphatic carbocycles. The molecule has 134 valence electrons. The van der Waals surface area contributed by atoms with Crippen molar-refractivity contribution in [2.75, 3.05) is 47.1 Å². The standard InChI is InChI=1S/C19H29NO4/c1-21-17-9-5-6-15(17)16-14-23-12-10-20(16)11-13-24-19-8-4-3-7-18(19)22-2/h3-4,7-8,15-17H,5-6,9-14H2,1-2H3/t15-,16+,17+/m0/s1. The van der Waals surface area contributed by atoms with Crippen LogP contribution in [0.15, 0.2) is 24.3 Å². The minimum Gasteiger partial charge on any atom is -0.493 e. The zero-order valence-corrected chi connectivity index (χ0v) is 14.8. The molecular weight excluding hydrogens is 306 g/mol. The summed E-state index contributed by atoms with van der Waals surface area (Å²) in [6, 6.07) is 8.24. The zero-order chi connectivity index (χ0) is 16.8. The number of rotatable bonds is 7. The van der Waals surface area contributed by atoms with E-state index in [0.717, 1.165) is 37.8 Å². The van der Waals surface area contributed by atoms with E-state index < -0.39 is 0 Å². The van der Waals surface area contributed by atoms with Crippen molar-refractivity contribution in [3.8, 4) is 11.5 Å². The van der Waals surface area contributed by atoms with Crippen LogP contribution in [0.3, 0.4) is 0 Å². The fourth-order valence-electron chi connectivity index (χ4n) is 4.03. The summed E-state index contributed by atoms with van der Waals surface area (Å²) in [5, 5.41) is 0. The van der Waals surface area contributed by atoms with E-state index in [4.69, 9.17) is 18.9 Å². The summed E-state index contributed by atoms with van der Waals surface area (Å²) in [6.45, 7) is 4.13. The van der Waals surface area contributed by atoms with Gasteiger partial charge in [0.15, 0.2) is 11.5 Å². The van der Waals surface area contributed by atoms with Crippen molar-refractivity contribution in [2.45, 2.75) is 31.4 Å². The lowest BCUT2D eigenvalue weighted by Crippen LogP contribution is -2.52. The quantitative estimate of drug-likeness (QED) is 0.766. The molecule has 0 bridgehead atoms. The van der Waals surface area contributed by atoms with Crippen LogP contribution in [-0.2, 0) is 9.47 Å². The second kappa shape index (κ2) is 8.70. The highest BCUT2D eigenvalue weighted by Gasteiger charge is 2.38. The monoisotopic (exact) mass is 335 g/mol. The number of hydrogen-bond acceptors (Lipinski definition) is 5. The second-order valence-corrected chi connectivity index (χ2v) is 6.55. The molecule has 5 heteroatoms. The minimum atomic E-state index is 0.370. The van der Waals surface area contributed by atoms with Gasteiger partial charge in [0.2, 0.25) is 0 Å². The molecule has 2 fully saturated rings. The summed E-state index contributed by atoms with van der Waals surface area (Å²) >= 11 is 0. The molecule has 1 aliphatic heterocycles. The molecule has 1 aromatic carbocycles.